The number of nitrogens with two attached hydrogens (primary N) is 1. The maximum atomic E-state index is 6.05. The van der Waals surface area contributed by atoms with Gasteiger partial charge in [0.1, 0.15) is 0 Å². The Morgan fingerprint density at radius 3 is 2.57 bits per heavy atom. The molecule has 23 heavy (non-hydrogen) atoms. The van der Waals surface area contributed by atoms with E-state index in [1.165, 1.54) is 12.8 Å². The van der Waals surface area contributed by atoms with Crippen molar-refractivity contribution in [2.24, 2.45) is 10.7 Å². The lowest BCUT2D eigenvalue weighted by atomic mass is 10.1. The standard InChI is InChI=1S/C18H29N3O2/c1-18(2,3)21-17(19)20-12-13-9-10-15(16(11-13)22-4)23-14-7-5-6-8-14/h9-11,14H,5-8,12H2,1-4H3,(H3,19,20,21). The molecule has 0 amide bonds. The van der Waals surface area contributed by atoms with Crippen LogP contribution in [0.4, 0.5) is 0 Å². The number of nitrogens with zero attached hydrogens (tertiary/aromatic N) is 1. The van der Waals surface area contributed by atoms with E-state index in [1.54, 1.807) is 7.11 Å². The molecule has 3 N–H and O–H groups in total. The lowest BCUT2D eigenvalue weighted by Crippen LogP contribution is -2.44. The van der Waals surface area contributed by atoms with Crippen LogP contribution >= 0.6 is 0 Å². The molecule has 1 saturated carbocycles. The van der Waals surface area contributed by atoms with Crippen LogP contribution in [-0.2, 0) is 6.54 Å². The molecule has 0 radical (unpaired) electrons. The summed E-state index contributed by atoms with van der Waals surface area (Å²) in [5.74, 6) is 2.02. The van der Waals surface area contributed by atoms with Crippen LogP contribution in [0.2, 0.25) is 0 Å². The van der Waals surface area contributed by atoms with E-state index in [0.717, 1.165) is 29.9 Å². The molecule has 0 saturated heterocycles. The fraction of sp³-hybridized carbons (Fsp3) is 0.611. The highest BCUT2D eigenvalue weighted by Crippen LogP contribution is 2.32. The molecular weight excluding hydrogens is 290 g/mol. The van der Waals surface area contributed by atoms with Crippen LogP contribution in [0, 0.1) is 0 Å². The third kappa shape index (κ3) is 5.66. The SMILES string of the molecule is COc1cc(CN=C(N)NC(C)(C)C)ccc1OC1CCCC1. The van der Waals surface area contributed by atoms with E-state index >= 15 is 0 Å². The van der Waals surface area contributed by atoms with Crippen LogP contribution in [-0.4, -0.2) is 24.7 Å². The summed E-state index contributed by atoms with van der Waals surface area (Å²) in [5, 5.41) is 3.15. The molecule has 1 aromatic rings. The van der Waals surface area contributed by atoms with E-state index in [1.807, 2.05) is 39.0 Å². The Hall–Kier alpha value is -1.91. The maximum Gasteiger partial charge on any atom is 0.189 e. The van der Waals surface area contributed by atoms with Crippen molar-refractivity contribution in [2.75, 3.05) is 7.11 Å². The number of rotatable bonds is 5. The summed E-state index contributed by atoms with van der Waals surface area (Å²) < 4.78 is 11.5. The highest BCUT2D eigenvalue weighted by atomic mass is 16.5. The number of methoxy groups -OCH3 is 1. The predicted octanol–water partition coefficient (Wildman–Crippen LogP) is 3.22. The van der Waals surface area contributed by atoms with Crippen LogP contribution in [0.15, 0.2) is 23.2 Å². The van der Waals surface area contributed by atoms with E-state index in [4.69, 9.17) is 15.2 Å². The summed E-state index contributed by atoms with van der Waals surface area (Å²) >= 11 is 0. The van der Waals surface area contributed by atoms with Gasteiger partial charge < -0.3 is 20.5 Å². The molecule has 1 fully saturated rings. The average Bonchev–Trinajstić information content (AvgIpc) is 2.97. The van der Waals surface area contributed by atoms with Gasteiger partial charge in [-0.3, -0.25) is 0 Å². The average molecular weight is 319 g/mol. The van der Waals surface area contributed by atoms with Crippen molar-refractivity contribution in [1.29, 1.82) is 0 Å². The van der Waals surface area contributed by atoms with Gasteiger partial charge in [0, 0.05) is 5.54 Å². The van der Waals surface area contributed by atoms with Gasteiger partial charge in [-0.2, -0.15) is 0 Å². The number of hydrogen-bond acceptors (Lipinski definition) is 3. The van der Waals surface area contributed by atoms with E-state index < -0.39 is 0 Å². The molecule has 2 rings (SSSR count). The molecule has 0 aliphatic heterocycles. The van der Waals surface area contributed by atoms with Crippen molar-refractivity contribution >= 4 is 5.96 Å². The molecule has 0 unspecified atom stereocenters. The largest absolute Gasteiger partial charge is 0.493 e. The smallest absolute Gasteiger partial charge is 0.189 e. The number of aliphatic imine (C=N–C) groups is 1. The number of guanidine groups is 1. The first-order valence-electron chi connectivity index (χ1n) is 8.29. The lowest BCUT2D eigenvalue weighted by molar-refractivity contribution is 0.200. The summed E-state index contributed by atoms with van der Waals surface area (Å²) in [7, 11) is 1.67. The summed E-state index contributed by atoms with van der Waals surface area (Å²) in [6.45, 7) is 6.66. The second-order valence-electron chi connectivity index (χ2n) is 7.09. The highest BCUT2D eigenvalue weighted by molar-refractivity contribution is 5.78. The first-order valence-corrected chi connectivity index (χ1v) is 8.29. The quantitative estimate of drug-likeness (QED) is 0.646. The first-order chi connectivity index (χ1) is 10.9. The number of hydrogen-bond donors (Lipinski definition) is 2. The second-order valence-corrected chi connectivity index (χ2v) is 7.09. The molecule has 0 atom stereocenters. The topological polar surface area (TPSA) is 68.9 Å². The van der Waals surface area contributed by atoms with Gasteiger partial charge >= 0.3 is 0 Å². The third-order valence-electron chi connectivity index (χ3n) is 3.76. The van der Waals surface area contributed by atoms with Crippen LogP contribution in [0.25, 0.3) is 0 Å². The number of benzene rings is 1. The number of ether oxygens (including phenoxy) is 2. The Bertz CT molecular complexity index is 544. The fourth-order valence-corrected chi connectivity index (χ4v) is 2.69. The van der Waals surface area contributed by atoms with Crippen molar-refractivity contribution in [3.05, 3.63) is 23.8 Å². The zero-order valence-electron chi connectivity index (χ0n) is 14.7. The molecule has 5 heteroatoms. The van der Waals surface area contributed by atoms with Crippen molar-refractivity contribution in [1.82, 2.24) is 5.32 Å². The van der Waals surface area contributed by atoms with Gasteiger partial charge in [-0.25, -0.2) is 4.99 Å². The third-order valence-corrected chi connectivity index (χ3v) is 3.76. The second kappa shape index (κ2) is 7.57. The summed E-state index contributed by atoms with van der Waals surface area (Å²) in [6.07, 6.45) is 5.08. The van der Waals surface area contributed by atoms with E-state index in [9.17, 15) is 0 Å². The fourth-order valence-electron chi connectivity index (χ4n) is 2.69. The molecule has 1 aliphatic rings. The van der Waals surface area contributed by atoms with Crippen LogP contribution in [0.3, 0.4) is 0 Å². The Morgan fingerprint density at radius 1 is 1.26 bits per heavy atom. The van der Waals surface area contributed by atoms with Gasteiger partial charge in [-0.05, 0) is 64.2 Å². The molecule has 5 nitrogen and oxygen atoms in total. The zero-order chi connectivity index (χ0) is 16.9. The van der Waals surface area contributed by atoms with Crippen molar-refractivity contribution in [3.63, 3.8) is 0 Å². The molecular formula is C18H29N3O2. The maximum absolute atomic E-state index is 6.05. The van der Waals surface area contributed by atoms with Crippen molar-refractivity contribution in [2.45, 2.75) is 64.6 Å². The molecule has 0 aromatic heterocycles. The minimum Gasteiger partial charge on any atom is -0.493 e. The van der Waals surface area contributed by atoms with Crippen LogP contribution < -0.4 is 20.5 Å². The minimum absolute atomic E-state index is 0.0930. The summed E-state index contributed by atoms with van der Waals surface area (Å²) in [5.41, 5.74) is 6.85. The van der Waals surface area contributed by atoms with Gasteiger partial charge in [0.15, 0.2) is 17.5 Å². The highest BCUT2D eigenvalue weighted by Gasteiger charge is 2.18. The summed E-state index contributed by atoms with van der Waals surface area (Å²) in [4.78, 5) is 4.38. The molecule has 1 aromatic carbocycles. The van der Waals surface area contributed by atoms with Crippen LogP contribution in [0.5, 0.6) is 11.5 Å². The monoisotopic (exact) mass is 319 g/mol. The predicted molar refractivity (Wildman–Crippen MR) is 94.1 cm³/mol. The Morgan fingerprint density at radius 2 is 1.96 bits per heavy atom. The molecule has 1 aliphatic carbocycles. The molecule has 128 valence electrons. The number of nitrogens with one attached hydrogen (secondary N) is 1. The Kier molecular flexibility index (Phi) is 5.74. The van der Waals surface area contributed by atoms with Gasteiger partial charge in [0.05, 0.1) is 19.8 Å². The van der Waals surface area contributed by atoms with E-state index in [0.29, 0.717) is 18.6 Å². The van der Waals surface area contributed by atoms with Gasteiger partial charge in [-0.15, -0.1) is 0 Å². The first kappa shape index (κ1) is 17.4. The minimum atomic E-state index is -0.0930. The summed E-state index contributed by atoms with van der Waals surface area (Å²) in [6, 6.07) is 5.95. The van der Waals surface area contributed by atoms with Crippen molar-refractivity contribution < 1.29 is 9.47 Å². The van der Waals surface area contributed by atoms with Crippen LogP contribution in [0.1, 0.15) is 52.0 Å². The molecule has 0 bridgehead atoms. The van der Waals surface area contributed by atoms with Gasteiger partial charge in [-0.1, -0.05) is 6.07 Å². The van der Waals surface area contributed by atoms with E-state index in [-0.39, 0.29) is 5.54 Å². The van der Waals surface area contributed by atoms with Gasteiger partial charge in [0.25, 0.3) is 0 Å². The lowest BCUT2D eigenvalue weighted by Gasteiger charge is -2.21. The Balaban J connectivity index is 2.01. The zero-order valence-corrected chi connectivity index (χ0v) is 14.7. The van der Waals surface area contributed by atoms with E-state index in [2.05, 4.69) is 10.3 Å². The molecule has 0 spiro atoms. The molecule has 0 heterocycles. The Labute approximate surface area is 139 Å². The normalized spacial score (nSPS) is 16.4. The van der Waals surface area contributed by atoms with Gasteiger partial charge in [0.2, 0.25) is 0 Å². The van der Waals surface area contributed by atoms with Crippen molar-refractivity contribution in [3.8, 4) is 11.5 Å².